The van der Waals surface area contributed by atoms with E-state index in [4.69, 9.17) is 10.4 Å². The highest BCUT2D eigenvalue weighted by Gasteiger charge is 1.73. The average Bonchev–Trinajstić information content (AvgIpc) is 2.06. The fourth-order valence-electron chi connectivity index (χ4n) is 0. The van der Waals surface area contributed by atoms with Crippen LogP contribution < -0.4 is 0 Å². The van der Waals surface area contributed by atoms with E-state index in [1.807, 2.05) is 0 Å². The lowest BCUT2D eigenvalue weighted by molar-refractivity contribution is -0.131. The Morgan fingerprint density at radius 3 is 1.58 bits per heavy atom. The normalized spacial score (nSPS) is 4.58. The molecule has 1 N–H and O–H groups in total. The Hall–Kier alpha value is -2.04. The van der Waals surface area contributed by atoms with Crippen molar-refractivity contribution < 1.29 is 9.90 Å². The van der Waals surface area contributed by atoms with Gasteiger partial charge < -0.3 is 5.11 Å². The number of rotatable bonds is 1. The molecule has 0 saturated heterocycles. The molecular formula is C9H11NO2. The minimum Gasteiger partial charge on any atom is -0.478 e. The van der Waals surface area contributed by atoms with Crippen molar-refractivity contribution in [3.63, 3.8) is 0 Å². The van der Waals surface area contributed by atoms with Crippen molar-refractivity contribution in [1.82, 2.24) is 0 Å². The van der Waals surface area contributed by atoms with Crippen LogP contribution in [0.25, 0.3) is 0 Å². The summed E-state index contributed by atoms with van der Waals surface area (Å²) in [7, 11) is 0. The summed E-state index contributed by atoms with van der Waals surface area (Å²) in [5, 5.41) is 15.1. The van der Waals surface area contributed by atoms with E-state index in [0.717, 1.165) is 6.08 Å². The predicted molar refractivity (Wildman–Crippen MR) is 48.4 cm³/mol. The van der Waals surface area contributed by atoms with Gasteiger partial charge >= 0.3 is 5.97 Å². The first kappa shape index (κ1) is 16.5. The molecule has 0 rings (SSSR count). The van der Waals surface area contributed by atoms with Crippen LogP contribution in [0.1, 0.15) is 0 Å². The van der Waals surface area contributed by atoms with Gasteiger partial charge in [-0.2, -0.15) is 5.26 Å². The first-order valence-corrected chi connectivity index (χ1v) is 2.75. The monoisotopic (exact) mass is 165 g/mol. The van der Waals surface area contributed by atoms with Crippen molar-refractivity contribution in [2.45, 2.75) is 0 Å². The van der Waals surface area contributed by atoms with Crippen molar-refractivity contribution in [2.75, 3.05) is 0 Å². The molecule has 0 unspecified atom stereocenters. The third-order valence-corrected chi connectivity index (χ3v) is 0.266. The quantitative estimate of drug-likeness (QED) is 0.366. The van der Waals surface area contributed by atoms with E-state index in [9.17, 15) is 4.79 Å². The summed E-state index contributed by atoms with van der Waals surface area (Å²) >= 11 is 0. The van der Waals surface area contributed by atoms with Gasteiger partial charge in [-0.25, -0.2) is 4.79 Å². The maximum atomic E-state index is 9.25. The number of carboxylic acid groups (broad SMARTS) is 1. The molecule has 0 heterocycles. The molecule has 12 heavy (non-hydrogen) atoms. The molecule has 64 valence electrons. The SMILES string of the molecule is C=C=C.C=CC#N.C=CC(=O)O. The minimum atomic E-state index is -0.981. The van der Waals surface area contributed by atoms with Crippen LogP contribution in [0.2, 0.25) is 0 Å². The van der Waals surface area contributed by atoms with E-state index in [-0.39, 0.29) is 0 Å². The van der Waals surface area contributed by atoms with Crippen LogP contribution in [0, 0.1) is 11.3 Å². The van der Waals surface area contributed by atoms with Gasteiger partial charge in [0.1, 0.15) is 0 Å². The number of nitrogens with zero attached hydrogens (tertiary/aromatic N) is 1. The molecule has 0 aliphatic heterocycles. The Labute approximate surface area is 72.3 Å². The van der Waals surface area contributed by atoms with Gasteiger partial charge in [0.2, 0.25) is 0 Å². The molecule has 0 aromatic rings. The summed E-state index contributed by atoms with van der Waals surface area (Å²) in [6.07, 6.45) is 2.01. The number of nitriles is 1. The van der Waals surface area contributed by atoms with Crippen LogP contribution in [0.4, 0.5) is 0 Å². The third-order valence-electron chi connectivity index (χ3n) is 0.266. The Bertz CT molecular complexity index is 205. The number of carboxylic acids is 1. The zero-order chi connectivity index (χ0) is 10.4. The molecule has 0 radical (unpaired) electrons. The van der Waals surface area contributed by atoms with Crippen LogP contribution in [0.15, 0.2) is 44.2 Å². The fourth-order valence-corrected chi connectivity index (χ4v) is 0. The van der Waals surface area contributed by atoms with E-state index in [0.29, 0.717) is 0 Å². The third kappa shape index (κ3) is 418. The topological polar surface area (TPSA) is 61.1 Å². The second-order valence-corrected chi connectivity index (χ2v) is 1.13. The minimum absolute atomic E-state index is 0.833. The summed E-state index contributed by atoms with van der Waals surface area (Å²) in [5.74, 6) is -0.981. The van der Waals surface area contributed by atoms with Crippen molar-refractivity contribution in [3.8, 4) is 6.07 Å². The number of hydrogen-bond acceptors (Lipinski definition) is 2. The Balaban J connectivity index is -0.000000105. The standard InChI is InChI=1S/C3H3N.C3H4O2.C3H4/c1-2-3-4;1-2-3(4)5;1-3-2/h2H,1H2;2H,1H2,(H,4,5);1-2H2. The fraction of sp³-hybridized carbons (Fsp3) is 0. The largest absolute Gasteiger partial charge is 0.478 e. The summed E-state index contributed by atoms with van der Waals surface area (Å²) < 4.78 is 0. The van der Waals surface area contributed by atoms with Gasteiger partial charge in [0.25, 0.3) is 0 Å². The summed E-state index contributed by atoms with van der Waals surface area (Å²) in [6, 6.07) is 1.69. The van der Waals surface area contributed by atoms with Gasteiger partial charge in [-0.1, -0.05) is 26.3 Å². The Morgan fingerprint density at radius 2 is 1.58 bits per heavy atom. The van der Waals surface area contributed by atoms with Gasteiger partial charge in [0.05, 0.1) is 6.07 Å². The van der Waals surface area contributed by atoms with Crippen LogP contribution in [0.3, 0.4) is 0 Å². The van der Waals surface area contributed by atoms with Crippen LogP contribution in [-0.2, 0) is 4.79 Å². The first-order valence-electron chi connectivity index (χ1n) is 2.75. The number of hydrogen-bond donors (Lipinski definition) is 1. The molecule has 0 fully saturated rings. The van der Waals surface area contributed by atoms with Crippen LogP contribution >= 0.6 is 0 Å². The molecule has 3 nitrogen and oxygen atoms in total. The first-order chi connectivity index (χ1) is 5.60. The molecule has 0 spiro atoms. The molecule has 0 saturated carbocycles. The molecule has 0 aromatic carbocycles. The number of allylic oxidation sites excluding steroid dienone is 1. The lowest BCUT2D eigenvalue weighted by Crippen LogP contribution is -1.82. The summed E-state index contributed by atoms with van der Waals surface area (Å²) in [4.78, 5) is 9.25. The van der Waals surface area contributed by atoms with Crippen molar-refractivity contribution in [1.29, 1.82) is 5.26 Å². The second kappa shape index (κ2) is 23.1. The molecular weight excluding hydrogens is 154 g/mol. The highest BCUT2D eigenvalue weighted by atomic mass is 16.4. The zero-order valence-corrected chi connectivity index (χ0v) is 6.79. The van der Waals surface area contributed by atoms with E-state index < -0.39 is 5.97 Å². The molecule has 0 aliphatic rings. The lowest BCUT2D eigenvalue weighted by Gasteiger charge is -1.64. The van der Waals surface area contributed by atoms with Gasteiger partial charge in [0.15, 0.2) is 0 Å². The van der Waals surface area contributed by atoms with Gasteiger partial charge in [-0.15, -0.1) is 5.73 Å². The van der Waals surface area contributed by atoms with Gasteiger partial charge in [-0.05, 0) is 0 Å². The molecule has 0 amide bonds. The zero-order valence-electron chi connectivity index (χ0n) is 6.79. The van der Waals surface area contributed by atoms with Crippen LogP contribution in [-0.4, -0.2) is 11.1 Å². The van der Waals surface area contributed by atoms with Crippen LogP contribution in [0.5, 0.6) is 0 Å². The van der Waals surface area contributed by atoms with Crippen molar-refractivity contribution in [3.05, 3.63) is 44.2 Å². The van der Waals surface area contributed by atoms with Gasteiger partial charge in [0, 0.05) is 12.2 Å². The highest BCUT2D eigenvalue weighted by Crippen LogP contribution is 1.54. The highest BCUT2D eigenvalue weighted by molar-refractivity contribution is 5.78. The Morgan fingerprint density at radius 1 is 1.42 bits per heavy atom. The smallest absolute Gasteiger partial charge is 0.327 e. The maximum Gasteiger partial charge on any atom is 0.327 e. The molecule has 0 bridgehead atoms. The number of aliphatic carboxylic acids is 1. The molecule has 3 heteroatoms. The van der Waals surface area contributed by atoms with E-state index in [1.54, 1.807) is 6.07 Å². The lowest BCUT2D eigenvalue weighted by atomic mass is 10.7. The summed E-state index contributed by atoms with van der Waals surface area (Å²) in [6.45, 7) is 12.3. The van der Waals surface area contributed by atoms with Crippen molar-refractivity contribution >= 4 is 5.97 Å². The molecule has 0 aromatic heterocycles. The summed E-state index contributed by atoms with van der Waals surface area (Å²) in [5.41, 5.74) is 2.25. The van der Waals surface area contributed by atoms with E-state index in [2.05, 4.69) is 32.0 Å². The predicted octanol–water partition coefficient (Wildman–Crippen LogP) is 1.91. The van der Waals surface area contributed by atoms with E-state index in [1.165, 1.54) is 6.08 Å². The van der Waals surface area contributed by atoms with Crippen molar-refractivity contribution in [2.24, 2.45) is 0 Å². The van der Waals surface area contributed by atoms with Gasteiger partial charge in [-0.3, -0.25) is 0 Å². The maximum absolute atomic E-state index is 9.25. The second-order valence-electron chi connectivity index (χ2n) is 1.13. The molecule has 0 aliphatic carbocycles. The molecule has 0 atom stereocenters. The van der Waals surface area contributed by atoms with E-state index >= 15 is 0 Å². The Kier molecular flexibility index (Phi) is 31.7. The number of carbonyl (C=O) groups is 1. The average molecular weight is 165 g/mol.